The third-order valence-corrected chi connectivity index (χ3v) is 4.04. The SMILES string of the molecule is Cc1ccc(OCC(=O)NCCCn2ccnc2-c2ccccc2)cc1. The van der Waals surface area contributed by atoms with Gasteiger partial charge in [0.05, 0.1) is 0 Å². The van der Waals surface area contributed by atoms with E-state index in [-0.39, 0.29) is 12.5 Å². The molecule has 0 saturated heterocycles. The van der Waals surface area contributed by atoms with E-state index in [1.807, 2.05) is 67.7 Å². The van der Waals surface area contributed by atoms with Gasteiger partial charge in [0.1, 0.15) is 11.6 Å². The summed E-state index contributed by atoms with van der Waals surface area (Å²) in [5.41, 5.74) is 2.25. The second kappa shape index (κ2) is 8.85. The largest absolute Gasteiger partial charge is 0.484 e. The highest BCUT2D eigenvalue weighted by Gasteiger charge is 2.06. The molecule has 26 heavy (non-hydrogen) atoms. The topological polar surface area (TPSA) is 56.1 Å². The van der Waals surface area contributed by atoms with Crippen LogP contribution < -0.4 is 10.1 Å². The summed E-state index contributed by atoms with van der Waals surface area (Å²) in [7, 11) is 0. The van der Waals surface area contributed by atoms with E-state index in [1.165, 1.54) is 0 Å². The number of amides is 1. The molecule has 5 heteroatoms. The van der Waals surface area contributed by atoms with Crippen molar-refractivity contribution < 1.29 is 9.53 Å². The van der Waals surface area contributed by atoms with Gasteiger partial charge in [-0.25, -0.2) is 4.98 Å². The van der Waals surface area contributed by atoms with Crippen molar-refractivity contribution >= 4 is 5.91 Å². The zero-order valence-corrected chi connectivity index (χ0v) is 14.9. The number of ether oxygens (including phenoxy) is 1. The minimum Gasteiger partial charge on any atom is -0.484 e. The van der Waals surface area contributed by atoms with E-state index in [9.17, 15) is 4.79 Å². The molecule has 1 heterocycles. The molecule has 134 valence electrons. The zero-order valence-electron chi connectivity index (χ0n) is 14.9. The van der Waals surface area contributed by atoms with E-state index in [0.717, 1.165) is 29.9 Å². The molecule has 0 aliphatic carbocycles. The van der Waals surface area contributed by atoms with Gasteiger partial charge in [-0.15, -0.1) is 0 Å². The van der Waals surface area contributed by atoms with Gasteiger partial charge in [-0.1, -0.05) is 48.0 Å². The van der Waals surface area contributed by atoms with Crippen LogP contribution in [0.5, 0.6) is 5.75 Å². The van der Waals surface area contributed by atoms with E-state index in [0.29, 0.717) is 12.3 Å². The third-order valence-electron chi connectivity index (χ3n) is 4.04. The van der Waals surface area contributed by atoms with E-state index >= 15 is 0 Å². The standard InChI is InChI=1S/C21H23N3O2/c1-17-8-10-19(11-9-17)26-16-20(25)22-12-5-14-24-15-13-23-21(24)18-6-3-2-4-7-18/h2-4,6-11,13,15H,5,12,14,16H2,1H3,(H,22,25). The molecule has 1 N–H and O–H groups in total. The number of hydrogen-bond acceptors (Lipinski definition) is 3. The minimum atomic E-state index is -0.112. The van der Waals surface area contributed by atoms with Crippen LogP contribution in [0.2, 0.25) is 0 Å². The number of rotatable bonds is 8. The minimum absolute atomic E-state index is 0.0312. The van der Waals surface area contributed by atoms with E-state index in [1.54, 1.807) is 6.20 Å². The average molecular weight is 349 g/mol. The average Bonchev–Trinajstić information content (AvgIpc) is 3.14. The molecule has 0 unspecified atom stereocenters. The van der Waals surface area contributed by atoms with E-state index < -0.39 is 0 Å². The number of carbonyl (C=O) groups excluding carboxylic acids is 1. The molecule has 0 spiro atoms. The Morgan fingerprint density at radius 1 is 1.12 bits per heavy atom. The van der Waals surface area contributed by atoms with Gasteiger partial charge < -0.3 is 14.6 Å². The molecule has 5 nitrogen and oxygen atoms in total. The predicted molar refractivity (Wildman–Crippen MR) is 102 cm³/mol. The maximum atomic E-state index is 11.9. The number of hydrogen-bond donors (Lipinski definition) is 1. The number of aromatic nitrogens is 2. The summed E-state index contributed by atoms with van der Waals surface area (Å²) in [6, 6.07) is 17.7. The molecule has 0 radical (unpaired) electrons. The maximum Gasteiger partial charge on any atom is 0.257 e. The molecule has 0 fully saturated rings. The van der Waals surface area contributed by atoms with Crippen molar-refractivity contribution in [2.45, 2.75) is 19.9 Å². The Balaban J connectivity index is 1.40. The number of nitrogens with zero attached hydrogens (tertiary/aromatic N) is 2. The van der Waals surface area contributed by atoms with Crippen molar-refractivity contribution in [1.29, 1.82) is 0 Å². The number of carbonyl (C=O) groups is 1. The fourth-order valence-electron chi connectivity index (χ4n) is 2.65. The van der Waals surface area contributed by atoms with Gasteiger partial charge in [0.2, 0.25) is 0 Å². The lowest BCUT2D eigenvalue weighted by Crippen LogP contribution is -2.30. The molecule has 3 rings (SSSR count). The fourth-order valence-corrected chi connectivity index (χ4v) is 2.65. The molecule has 0 aliphatic heterocycles. The van der Waals surface area contributed by atoms with Crippen molar-refractivity contribution in [3.05, 3.63) is 72.6 Å². The first kappa shape index (κ1) is 17.7. The summed E-state index contributed by atoms with van der Waals surface area (Å²) >= 11 is 0. The first-order valence-corrected chi connectivity index (χ1v) is 8.75. The summed E-state index contributed by atoms with van der Waals surface area (Å²) in [5, 5.41) is 2.89. The maximum absolute atomic E-state index is 11.9. The Morgan fingerprint density at radius 3 is 2.65 bits per heavy atom. The summed E-state index contributed by atoms with van der Waals surface area (Å²) in [6.07, 6.45) is 4.59. The van der Waals surface area contributed by atoms with Crippen LogP contribution in [0, 0.1) is 6.92 Å². The van der Waals surface area contributed by atoms with Gasteiger partial charge in [0, 0.05) is 31.0 Å². The zero-order chi connectivity index (χ0) is 18.2. The highest BCUT2D eigenvalue weighted by molar-refractivity contribution is 5.77. The van der Waals surface area contributed by atoms with Crippen molar-refractivity contribution in [2.75, 3.05) is 13.2 Å². The van der Waals surface area contributed by atoms with Crippen LogP contribution in [0.4, 0.5) is 0 Å². The van der Waals surface area contributed by atoms with Crippen LogP contribution in [0.1, 0.15) is 12.0 Å². The number of aryl methyl sites for hydroxylation is 2. The predicted octanol–water partition coefficient (Wildman–Crippen LogP) is 3.44. The Labute approximate surface area is 153 Å². The Bertz CT molecular complexity index is 826. The van der Waals surface area contributed by atoms with E-state index in [2.05, 4.69) is 14.9 Å². The highest BCUT2D eigenvalue weighted by Crippen LogP contribution is 2.16. The van der Waals surface area contributed by atoms with Crippen molar-refractivity contribution in [3.8, 4) is 17.1 Å². The highest BCUT2D eigenvalue weighted by atomic mass is 16.5. The van der Waals surface area contributed by atoms with Crippen LogP contribution >= 0.6 is 0 Å². The summed E-state index contributed by atoms with van der Waals surface area (Å²) in [4.78, 5) is 16.3. The van der Waals surface area contributed by atoms with Crippen LogP contribution in [0.25, 0.3) is 11.4 Å². The van der Waals surface area contributed by atoms with Crippen molar-refractivity contribution in [2.24, 2.45) is 0 Å². The van der Waals surface area contributed by atoms with E-state index in [4.69, 9.17) is 4.74 Å². The summed E-state index contributed by atoms with van der Waals surface area (Å²) in [5.74, 6) is 1.54. The summed E-state index contributed by atoms with van der Waals surface area (Å²) in [6.45, 7) is 3.44. The fraction of sp³-hybridized carbons (Fsp3) is 0.238. The van der Waals surface area contributed by atoms with Crippen molar-refractivity contribution in [1.82, 2.24) is 14.9 Å². The second-order valence-electron chi connectivity index (χ2n) is 6.12. The third kappa shape index (κ3) is 4.96. The molecule has 0 bridgehead atoms. The molecule has 1 aromatic heterocycles. The summed E-state index contributed by atoms with van der Waals surface area (Å²) < 4.78 is 7.58. The molecule has 0 saturated carbocycles. The molecule has 0 aliphatic rings. The van der Waals surface area contributed by atoms with Crippen LogP contribution in [0.3, 0.4) is 0 Å². The molecule has 2 aromatic carbocycles. The molecule has 3 aromatic rings. The lowest BCUT2D eigenvalue weighted by Gasteiger charge is -2.10. The Hall–Kier alpha value is -3.08. The number of imidazole rings is 1. The smallest absolute Gasteiger partial charge is 0.257 e. The molecular weight excluding hydrogens is 326 g/mol. The second-order valence-corrected chi connectivity index (χ2v) is 6.12. The quantitative estimate of drug-likeness (QED) is 0.634. The van der Waals surface area contributed by atoms with Gasteiger partial charge in [0.15, 0.2) is 6.61 Å². The number of benzene rings is 2. The van der Waals surface area contributed by atoms with Gasteiger partial charge in [-0.05, 0) is 25.5 Å². The van der Waals surface area contributed by atoms with Gasteiger partial charge in [-0.3, -0.25) is 4.79 Å². The molecule has 0 atom stereocenters. The van der Waals surface area contributed by atoms with Gasteiger partial charge >= 0.3 is 0 Å². The molecular formula is C21H23N3O2. The first-order valence-electron chi connectivity index (χ1n) is 8.75. The Kier molecular flexibility index (Phi) is 6.04. The van der Waals surface area contributed by atoms with Crippen LogP contribution in [0.15, 0.2) is 67.0 Å². The molecule has 1 amide bonds. The van der Waals surface area contributed by atoms with Crippen molar-refractivity contribution in [3.63, 3.8) is 0 Å². The van der Waals surface area contributed by atoms with Crippen LogP contribution in [-0.4, -0.2) is 28.6 Å². The monoisotopic (exact) mass is 349 g/mol. The van der Waals surface area contributed by atoms with Gasteiger partial charge in [0.25, 0.3) is 5.91 Å². The van der Waals surface area contributed by atoms with Crippen LogP contribution in [-0.2, 0) is 11.3 Å². The lowest BCUT2D eigenvalue weighted by atomic mass is 10.2. The normalized spacial score (nSPS) is 10.5. The number of nitrogens with one attached hydrogen (secondary N) is 1. The Morgan fingerprint density at radius 2 is 1.88 bits per heavy atom. The van der Waals surface area contributed by atoms with Gasteiger partial charge in [-0.2, -0.15) is 0 Å². The lowest BCUT2D eigenvalue weighted by molar-refractivity contribution is -0.123. The first-order chi connectivity index (χ1) is 12.7.